The van der Waals surface area contributed by atoms with Crippen molar-refractivity contribution in [1.82, 2.24) is 9.62 Å². The van der Waals surface area contributed by atoms with Crippen LogP contribution in [0.25, 0.3) is 0 Å². The van der Waals surface area contributed by atoms with Crippen LogP contribution in [0, 0.1) is 17.8 Å². The van der Waals surface area contributed by atoms with Gasteiger partial charge in [-0.2, -0.15) is 4.72 Å². The molecule has 0 unspecified atom stereocenters. The average molecular weight is 427 g/mol. The summed E-state index contributed by atoms with van der Waals surface area (Å²) >= 11 is 0. The van der Waals surface area contributed by atoms with E-state index in [4.69, 9.17) is 4.74 Å². The fraction of sp³-hybridized carbons (Fsp3) is 0.619. The van der Waals surface area contributed by atoms with Crippen LogP contribution in [0.15, 0.2) is 35.2 Å². The smallest absolute Gasteiger partial charge is 0.324 e. The van der Waals surface area contributed by atoms with Crippen LogP contribution in [0.5, 0.6) is 0 Å². The van der Waals surface area contributed by atoms with Crippen molar-refractivity contribution in [3.8, 4) is 0 Å². The van der Waals surface area contributed by atoms with Crippen LogP contribution < -0.4 is 4.72 Å². The second-order valence-corrected chi connectivity index (χ2v) is 10.1. The van der Waals surface area contributed by atoms with Gasteiger partial charge in [-0.25, -0.2) is 8.42 Å². The molecule has 0 aliphatic carbocycles. The van der Waals surface area contributed by atoms with E-state index in [1.807, 2.05) is 27.7 Å². The van der Waals surface area contributed by atoms with Gasteiger partial charge >= 0.3 is 5.97 Å². The summed E-state index contributed by atoms with van der Waals surface area (Å²) in [5.41, 5.74) is 0. The number of ether oxygens (including phenoxy) is 1. The molecule has 0 saturated carbocycles. The van der Waals surface area contributed by atoms with Gasteiger partial charge in [-0.15, -0.1) is 0 Å². The first kappa shape index (κ1) is 25.1. The number of esters is 1. The van der Waals surface area contributed by atoms with Crippen molar-refractivity contribution in [2.24, 2.45) is 17.8 Å². The van der Waals surface area contributed by atoms with Gasteiger partial charge in [-0.1, -0.05) is 59.7 Å². The number of hydrogen-bond acceptors (Lipinski definition) is 5. The Morgan fingerprint density at radius 2 is 1.48 bits per heavy atom. The second kappa shape index (κ2) is 11.3. The SMILES string of the molecule is CC(C)CN(CC(C)C)C(=O)COC(=O)[C@@H](NS(=O)(=O)c1ccccc1)C(C)C. The summed E-state index contributed by atoms with van der Waals surface area (Å²) in [6.45, 7) is 12.2. The molecule has 7 nitrogen and oxygen atoms in total. The molecule has 29 heavy (non-hydrogen) atoms. The monoisotopic (exact) mass is 426 g/mol. The molecule has 0 aliphatic heterocycles. The Morgan fingerprint density at radius 1 is 0.966 bits per heavy atom. The summed E-state index contributed by atoms with van der Waals surface area (Å²) < 4.78 is 32.7. The van der Waals surface area contributed by atoms with Gasteiger partial charge in [0, 0.05) is 13.1 Å². The number of sulfonamides is 1. The minimum absolute atomic E-state index is 0.0644. The van der Waals surface area contributed by atoms with Gasteiger partial charge < -0.3 is 9.64 Å². The predicted octanol–water partition coefficient (Wildman–Crippen LogP) is 2.67. The maximum atomic E-state index is 12.5. The Morgan fingerprint density at radius 3 is 1.93 bits per heavy atom. The zero-order chi connectivity index (χ0) is 22.2. The highest BCUT2D eigenvalue weighted by Gasteiger charge is 2.30. The van der Waals surface area contributed by atoms with Crippen molar-refractivity contribution in [1.29, 1.82) is 0 Å². The van der Waals surface area contributed by atoms with Crippen molar-refractivity contribution in [3.05, 3.63) is 30.3 Å². The number of carbonyl (C=O) groups is 2. The van der Waals surface area contributed by atoms with Crippen LogP contribution in [0.2, 0.25) is 0 Å². The van der Waals surface area contributed by atoms with Gasteiger partial charge in [0.15, 0.2) is 6.61 Å². The molecule has 0 saturated heterocycles. The fourth-order valence-corrected chi connectivity index (χ4v) is 4.12. The lowest BCUT2D eigenvalue weighted by atomic mass is 10.1. The van der Waals surface area contributed by atoms with Gasteiger partial charge in [-0.05, 0) is 29.9 Å². The van der Waals surface area contributed by atoms with Gasteiger partial charge in [0.2, 0.25) is 10.0 Å². The molecule has 8 heteroatoms. The molecule has 1 N–H and O–H groups in total. The Labute approximate surface area is 174 Å². The van der Waals surface area contributed by atoms with Crippen molar-refractivity contribution in [2.45, 2.75) is 52.5 Å². The van der Waals surface area contributed by atoms with E-state index in [2.05, 4.69) is 4.72 Å². The largest absolute Gasteiger partial charge is 0.454 e. The van der Waals surface area contributed by atoms with Gasteiger partial charge in [0.1, 0.15) is 6.04 Å². The maximum absolute atomic E-state index is 12.5. The highest BCUT2D eigenvalue weighted by Crippen LogP contribution is 2.13. The first-order valence-corrected chi connectivity index (χ1v) is 11.4. The molecule has 1 aromatic rings. The number of benzene rings is 1. The average Bonchev–Trinajstić information content (AvgIpc) is 2.63. The Hall–Kier alpha value is -1.93. The Kier molecular flexibility index (Phi) is 9.79. The predicted molar refractivity (Wildman–Crippen MR) is 113 cm³/mol. The lowest BCUT2D eigenvalue weighted by molar-refractivity contribution is -0.154. The van der Waals surface area contributed by atoms with Crippen molar-refractivity contribution in [2.75, 3.05) is 19.7 Å². The number of nitrogens with one attached hydrogen (secondary N) is 1. The van der Waals surface area contributed by atoms with E-state index in [1.54, 1.807) is 36.9 Å². The molecule has 0 aliphatic rings. The zero-order valence-electron chi connectivity index (χ0n) is 18.2. The van der Waals surface area contributed by atoms with Gasteiger partial charge in [0.25, 0.3) is 5.91 Å². The summed E-state index contributed by atoms with van der Waals surface area (Å²) in [5.74, 6) is -0.821. The fourth-order valence-electron chi connectivity index (χ4n) is 2.76. The molecule has 0 spiro atoms. The van der Waals surface area contributed by atoms with Crippen LogP contribution in [0.4, 0.5) is 0 Å². The lowest BCUT2D eigenvalue weighted by Crippen LogP contribution is -2.46. The number of hydrogen-bond donors (Lipinski definition) is 1. The molecular weight excluding hydrogens is 392 g/mol. The summed E-state index contributed by atoms with van der Waals surface area (Å²) in [6.07, 6.45) is 0. The number of nitrogens with zero attached hydrogens (tertiary/aromatic N) is 1. The standard InChI is InChI=1S/C21H34N2O5S/c1-15(2)12-23(13-16(3)4)19(24)14-28-21(25)20(17(5)6)22-29(26,27)18-10-8-7-9-11-18/h7-11,15-17,20,22H,12-14H2,1-6H3/t20-/m0/s1. The summed E-state index contributed by atoms with van der Waals surface area (Å²) in [7, 11) is -3.88. The van der Waals surface area contributed by atoms with Gasteiger partial charge in [-0.3, -0.25) is 9.59 Å². The van der Waals surface area contributed by atoms with Crippen LogP contribution in [-0.4, -0.2) is 50.9 Å². The van der Waals surface area contributed by atoms with Crippen LogP contribution in [0.1, 0.15) is 41.5 Å². The topological polar surface area (TPSA) is 92.8 Å². The van der Waals surface area contributed by atoms with Crippen molar-refractivity contribution < 1.29 is 22.7 Å². The first-order chi connectivity index (χ1) is 13.4. The van der Waals surface area contributed by atoms with E-state index in [0.717, 1.165) is 0 Å². The minimum Gasteiger partial charge on any atom is -0.454 e. The third-order valence-electron chi connectivity index (χ3n) is 4.12. The molecule has 1 rings (SSSR count). The van der Waals surface area contributed by atoms with Crippen LogP contribution >= 0.6 is 0 Å². The quantitative estimate of drug-likeness (QED) is 0.549. The highest BCUT2D eigenvalue weighted by molar-refractivity contribution is 7.89. The normalized spacial score (nSPS) is 13.0. The van der Waals surface area contributed by atoms with E-state index in [1.165, 1.54) is 12.1 Å². The number of carbonyl (C=O) groups excluding carboxylic acids is 2. The van der Waals surface area contributed by atoms with E-state index >= 15 is 0 Å². The molecule has 0 aromatic heterocycles. The van der Waals surface area contributed by atoms with E-state index in [9.17, 15) is 18.0 Å². The number of rotatable bonds is 11. The minimum atomic E-state index is -3.88. The summed E-state index contributed by atoms with van der Waals surface area (Å²) in [5, 5.41) is 0. The maximum Gasteiger partial charge on any atom is 0.324 e. The third kappa shape index (κ3) is 8.53. The van der Waals surface area contributed by atoms with Crippen LogP contribution in [0.3, 0.4) is 0 Å². The van der Waals surface area contributed by atoms with Crippen molar-refractivity contribution >= 4 is 21.9 Å². The van der Waals surface area contributed by atoms with Gasteiger partial charge in [0.05, 0.1) is 4.90 Å². The first-order valence-electron chi connectivity index (χ1n) is 9.95. The molecule has 1 atom stereocenters. The summed E-state index contributed by atoms with van der Waals surface area (Å²) in [6, 6.07) is 6.73. The van der Waals surface area contributed by atoms with E-state index in [-0.39, 0.29) is 28.6 Å². The third-order valence-corrected chi connectivity index (χ3v) is 5.57. The Balaban J connectivity index is 2.81. The molecule has 1 aromatic carbocycles. The molecule has 164 valence electrons. The summed E-state index contributed by atoms with van der Waals surface area (Å²) in [4.78, 5) is 26.8. The van der Waals surface area contributed by atoms with E-state index in [0.29, 0.717) is 13.1 Å². The van der Waals surface area contributed by atoms with Crippen molar-refractivity contribution in [3.63, 3.8) is 0 Å². The van der Waals surface area contributed by atoms with Crippen LogP contribution in [-0.2, 0) is 24.3 Å². The Bertz CT molecular complexity index is 751. The number of amides is 1. The molecule has 0 heterocycles. The molecule has 0 radical (unpaired) electrons. The highest BCUT2D eigenvalue weighted by atomic mass is 32.2. The second-order valence-electron chi connectivity index (χ2n) is 8.35. The van der Waals surface area contributed by atoms with E-state index < -0.39 is 28.6 Å². The lowest BCUT2D eigenvalue weighted by Gasteiger charge is -2.27. The molecule has 1 amide bonds. The molecule has 0 bridgehead atoms. The zero-order valence-corrected chi connectivity index (χ0v) is 19.0. The molecular formula is C21H34N2O5S. The molecule has 0 fully saturated rings.